The van der Waals surface area contributed by atoms with Crippen LogP contribution in [0.25, 0.3) is 11.2 Å². The summed E-state index contributed by atoms with van der Waals surface area (Å²) in [5, 5.41) is 0. The van der Waals surface area contributed by atoms with Crippen molar-refractivity contribution >= 4 is 24.6 Å². The van der Waals surface area contributed by atoms with E-state index in [9.17, 15) is 8.96 Å². The number of nitrogen functional groups attached to an aromatic ring is 1. The maximum atomic E-state index is 14.0. The predicted octanol–water partition coefficient (Wildman–Crippen LogP) is 0.269. The molecule has 1 aliphatic rings. The highest BCUT2D eigenvalue weighted by Crippen LogP contribution is 2.37. The number of ether oxygens (including phenoxy) is 2. The zero-order valence-electron chi connectivity index (χ0n) is 10.9. The maximum Gasteiger partial charge on any atom is 0.351 e. The van der Waals surface area contributed by atoms with Crippen LogP contribution in [0.3, 0.4) is 0 Å². The fraction of sp³-hybridized carbons (Fsp3) is 0.300. The molecule has 22 heavy (non-hydrogen) atoms. The van der Waals surface area contributed by atoms with Crippen molar-refractivity contribution in [2.45, 2.75) is 12.5 Å². The first kappa shape index (κ1) is 15.0. The van der Waals surface area contributed by atoms with Gasteiger partial charge in [-0.3, -0.25) is 9.13 Å². The Morgan fingerprint density at radius 3 is 2.95 bits per heavy atom. The van der Waals surface area contributed by atoms with Gasteiger partial charge < -0.3 is 25.0 Å². The average molecular weight is 331 g/mol. The highest BCUT2D eigenvalue weighted by molar-refractivity contribution is 7.51. The van der Waals surface area contributed by atoms with Gasteiger partial charge in [-0.25, -0.2) is 19.3 Å². The van der Waals surface area contributed by atoms with E-state index < -0.39 is 32.3 Å². The van der Waals surface area contributed by atoms with Gasteiger partial charge in [-0.15, -0.1) is 0 Å². The summed E-state index contributed by atoms with van der Waals surface area (Å²) in [5.74, 6) is -0.562. The van der Waals surface area contributed by atoms with Gasteiger partial charge in [-0.1, -0.05) is 0 Å². The lowest BCUT2D eigenvalue weighted by atomic mass is 10.4. The molecule has 0 spiro atoms. The first-order chi connectivity index (χ1) is 10.3. The first-order valence-corrected chi connectivity index (χ1v) is 7.77. The van der Waals surface area contributed by atoms with E-state index in [1.165, 1.54) is 17.2 Å². The second-order valence-corrected chi connectivity index (χ2v) is 6.04. The van der Waals surface area contributed by atoms with E-state index in [-0.39, 0.29) is 11.5 Å². The molecule has 10 nitrogen and oxygen atoms in total. The molecule has 0 bridgehead atoms. The van der Waals surface area contributed by atoms with Crippen LogP contribution < -0.4 is 5.73 Å². The molecule has 0 radical (unpaired) electrons. The SMILES string of the molecule is Nc1ncnc2c1ncn2[C@H]1O[C@@H](OCP(=O)(O)O)C=C1F. The maximum absolute atomic E-state index is 14.0. The van der Waals surface area contributed by atoms with Crippen LogP contribution in [-0.4, -0.2) is 41.9 Å². The minimum atomic E-state index is -4.37. The summed E-state index contributed by atoms with van der Waals surface area (Å²) >= 11 is 0. The van der Waals surface area contributed by atoms with E-state index in [1.807, 2.05) is 0 Å². The van der Waals surface area contributed by atoms with Gasteiger partial charge in [0, 0.05) is 6.08 Å². The highest BCUT2D eigenvalue weighted by atomic mass is 31.2. The van der Waals surface area contributed by atoms with Crippen molar-refractivity contribution in [1.82, 2.24) is 19.5 Å². The number of rotatable bonds is 4. The molecule has 0 saturated carbocycles. The molecule has 4 N–H and O–H groups in total. The molecule has 118 valence electrons. The summed E-state index contributed by atoms with van der Waals surface area (Å²) < 4.78 is 36.1. The summed E-state index contributed by atoms with van der Waals surface area (Å²) in [4.78, 5) is 29.2. The number of fused-ring (bicyclic) bond motifs is 1. The van der Waals surface area contributed by atoms with Crippen LogP contribution in [0.4, 0.5) is 10.2 Å². The van der Waals surface area contributed by atoms with Crippen molar-refractivity contribution in [3.8, 4) is 0 Å². The molecular weight excluding hydrogens is 320 g/mol. The van der Waals surface area contributed by atoms with Gasteiger partial charge in [-0.2, -0.15) is 0 Å². The number of nitrogens with zero attached hydrogens (tertiary/aromatic N) is 4. The predicted molar refractivity (Wildman–Crippen MR) is 70.8 cm³/mol. The number of imidazole rings is 1. The smallest absolute Gasteiger partial charge is 0.351 e. The minimum absolute atomic E-state index is 0.139. The van der Waals surface area contributed by atoms with E-state index in [0.29, 0.717) is 5.52 Å². The molecule has 1 aliphatic heterocycles. The number of hydrogen-bond acceptors (Lipinski definition) is 7. The topological polar surface area (TPSA) is 146 Å². The second kappa shape index (κ2) is 5.38. The van der Waals surface area contributed by atoms with Gasteiger partial charge in [-0.05, 0) is 0 Å². The van der Waals surface area contributed by atoms with Crippen molar-refractivity contribution in [3.63, 3.8) is 0 Å². The average Bonchev–Trinajstić information content (AvgIpc) is 3.00. The highest BCUT2D eigenvalue weighted by Gasteiger charge is 2.32. The number of hydrogen-bond donors (Lipinski definition) is 3. The van der Waals surface area contributed by atoms with Crippen molar-refractivity contribution in [2.75, 3.05) is 12.1 Å². The van der Waals surface area contributed by atoms with Crippen molar-refractivity contribution < 1.29 is 28.2 Å². The largest absolute Gasteiger partial charge is 0.382 e. The molecule has 3 rings (SSSR count). The Bertz CT molecular complexity index is 789. The van der Waals surface area contributed by atoms with Gasteiger partial charge in [0.05, 0.1) is 6.33 Å². The van der Waals surface area contributed by atoms with Crippen molar-refractivity contribution in [2.24, 2.45) is 0 Å². The van der Waals surface area contributed by atoms with Gasteiger partial charge in [0.2, 0.25) is 0 Å². The van der Waals surface area contributed by atoms with E-state index in [2.05, 4.69) is 15.0 Å². The third kappa shape index (κ3) is 2.85. The monoisotopic (exact) mass is 331 g/mol. The Labute approximate surface area is 122 Å². The van der Waals surface area contributed by atoms with Gasteiger partial charge in [0.1, 0.15) is 11.8 Å². The lowest BCUT2D eigenvalue weighted by Gasteiger charge is -2.16. The Morgan fingerprint density at radius 1 is 1.45 bits per heavy atom. The van der Waals surface area contributed by atoms with Crippen molar-refractivity contribution in [3.05, 3.63) is 24.6 Å². The van der Waals surface area contributed by atoms with E-state index in [1.54, 1.807) is 0 Å². The number of anilines is 1. The van der Waals surface area contributed by atoms with Crippen LogP contribution in [-0.2, 0) is 14.0 Å². The zero-order chi connectivity index (χ0) is 15.9. The molecule has 2 aromatic heterocycles. The normalized spacial score (nSPS) is 22.2. The minimum Gasteiger partial charge on any atom is -0.382 e. The molecule has 0 unspecified atom stereocenters. The number of halogens is 1. The molecule has 12 heteroatoms. The Kier molecular flexibility index (Phi) is 3.67. The van der Waals surface area contributed by atoms with Crippen LogP contribution in [0.15, 0.2) is 24.6 Å². The standard InChI is InChI=1S/C10H11FN5O5P/c11-5-1-6(20-4-22(17,18)19)21-10(5)16-3-15-7-8(12)13-2-14-9(7)16/h1-3,6,10H,4H2,(H2,12,13,14)(H2,17,18,19)/t6-,10+/m1/s1. The second-order valence-electron chi connectivity index (χ2n) is 4.45. The molecule has 2 atom stereocenters. The third-order valence-corrected chi connectivity index (χ3v) is 3.33. The fourth-order valence-electron chi connectivity index (χ4n) is 1.94. The summed E-state index contributed by atoms with van der Waals surface area (Å²) in [6.07, 6.45) is 0.133. The zero-order valence-corrected chi connectivity index (χ0v) is 11.8. The lowest BCUT2D eigenvalue weighted by molar-refractivity contribution is -0.130. The van der Waals surface area contributed by atoms with Gasteiger partial charge in [0.25, 0.3) is 0 Å². The van der Waals surface area contributed by atoms with E-state index >= 15 is 0 Å². The summed E-state index contributed by atoms with van der Waals surface area (Å²) in [6, 6.07) is 0. The third-order valence-electron chi connectivity index (χ3n) is 2.84. The summed E-state index contributed by atoms with van der Waals surface area (Å²) in [5.41, 5.74) is 6.19. The van der Waals surface area contributed by atoms with Crippen LogP contribution >= 0.6 is 7.60 Å². The van der Waals surface area contributed by atoms with Crippen LogP contribution in [0.5, 0.6) is 0 Å². The van der Waals surface area contributed by atoms with Crippen LogP contribution in [0.2, 0.25) is 0 Å². The van der Waals surface area contributed by atoms with Gasteiger partial charge in [0.15, 0.2) is 36.2 Å². The number of aromatic nitrogens is 4. The van der Waals surface area contributed by atoms with Crippen LogP contribution in [0.1, 0.15) is 6.23 Å². The summed E-state index contributed by atoms with van der Waals surface area (Å²) in [6.45, 7) is 0. The Hall–Kier alpha value is -1.91. The van der Waals surface area contributed by atoms with Gasteiger partial charge >= 0.3 is 7.60 Å². The van der Waals surface area contributed by atoms with E-state index in [4.69, 9.17) is 25.0 Å². The van der Waals surface area contributed by atoms with E-state index in [0.717, 1.165) is 6.08 Å². The van der Waals surface area contributed by atoms with Crippen molar-refractivity contribution in [1.29, 1.82) is 0 Å². The molecular formula is C10H11FN5O5P. The fourth-order valence-corrected chi connectivity index (χ4v) is 2.28. The van der Waals surface area contributed by atoms with Crippen LogP contribution in [0, 0.1) is 0 Å². The molecule has 0 aliphatic carbocycles. The number of nitrogens with two attached hydrogens (primary N) is 1. The molecule has 0 fully saturated rings. The molecule has 0 saturated heterocycles. The quantitative estimate of drug-likeness (QED) is 0.672. The molecule has 0 aromatic carbocycles. The summed E-state index contributed by atoms with van der Waals surface area (Å²) in [7, 11) is -4.37. The molecule has 3 heterocycles. The lowest BCUT2D eigenvalue weighted by Crippen LogP contribution is -2.16. The molecule has 0 amide bonds. The Balaban J connectivity index is 1.82. The first-order valence-electron chi connectivity index (χ1n) is 5.97. The Morgan fingerprint density at radius 2 is 2.23 bits per heavy atom. The molecule has 2 aromatic rings.